The van der Waals surface area contributed by atoms with Gasteiger partial charge in [-0.2, -0.15) is 0 Å². The second-order valence-corrected chi connectivity index (χ2v) is 5.78. The maximum absolute atomic E-state index is 12.4. The molecule has 1 saturated carbocycles. The van der Waals surface area contributed by atoms with Gasteiger partial charge in [-0.15, -0.1) is 0 Å². The fourth-order valence-corrected chi connectivity index (χ4v) is 2.70. The first-order valence-electron chi connectivity index (χ1n) is 6.96. The molecule has 0 spiro atoms. The van der Waals surface area contributed by atoms with Crippen LogP contribution in [0.15, 0.2) is 10.6 Å². The number of nitrogens with one attached hydrogen (secondary N) is 1. The summed E-state index contributed by atoms with van der Waals surface area (Å²) in [6.07, 6.45) is 3.92. The summed E-state index contributed by atoms with van der Waals surface area (Å²) in [5, 5.41) is 6.82. The van der Waals surface area contributed by atoms with E-state index in [-0.39, 0.29) is 11.3 Å². The third-order valence-electron chi connectivity index (χ3n) is 4.21. The van der Waals surface area contributed by atoms with Crippen molar-refractivity contribution < 1.29 is 9.32 Å². The second kappa shape index (κ2) is 5.74. The molecule has 5 heteroatoms. The molecule has 1 aromatic heterocycles. The highest BCUT2D eigenvalue weighted by Gasteiger charge is 2.39. The standard InChI is InChI=1S/C14H23N3O2/c1-10-3-5-14(9-15,6-4-10)13(18)16-8-12-7-11(2)19-17-12/h7,10H,3-6,8-9,15H2,1-2H3,(H,16,18). The first-order chi connectivity index (χ1) is 9.05. The Bertz CT molecular complexity index is 434. The summed E-state index contributed by atoms with van der Waals surface area (Å²) in [6, 6.07) is 1.83. The molecular weight excluding hydrogens is 242 g/mol. The average molecular weight is 265 g/mol. The minimum absolute atomic E-state index is 0.0579. The minimum atomic E-state index is -0.384. The molecular formula is C14H23N3O2. The van der Waals surface area contributed by atoms with Gasteiger partial charge in [-0.25, -0.2) is 0 Å². The van der Waals surface area contributed by atoms with Gasteiger partial charge in [0.2, 0.25) is 5.91 Å². The van der Waals surface area contributed by atoms with Crippen LogP contribution in [-0.2, 0) is 11.3 Å². The number of nitrogens with zero attached hydrogens (tertiary/aromatic N) is 1. The minimum Gasteiger partial charge on any atom is -0.361 e. The van der Waals surface area contributed by atoms with E-state index in [4.69, 9.17) is 10.3 Å². The maximum atomic E-state index is 12.4. The zero-order chi connectivity index (χ0) is 13.9. The smallest absolute Gasteiger partial charge is 0.227 e. The molecule has 1 heterocycles. The number of hydrogen-bond donors (Lipinski definition) is 2. The summed E-state index contributed by atoms with van der Waals surface area (Å²) in [4.78, 5) is 12.4. The van der Waals surface area contributed by atoms with Gasteiger partial charge in [0.15, 0.2) is 0 Å². The fraction of sp³-hybridized carbons (Fsp3) is 0.714. The third-order valence-corrected chi connectivity index (χ3v) is 4.21. The fourth-order valence-electron chi connectivity index (χ4n) is 2.70. The number of carbonyl (C=O) groups excluding carboxylic acids is 1. The van der Waals surface area contributed by atoms with E-state index in [0.29, 0.717) is 19.0 Å². The number of nitrogens with two attached hydrogens (primary N) is 1. The largest absolute Gasteiger partial charge is 0.361 e. The molecule has 0 bridgehead atoms. The molecule has 1 aliphatic rings. The van der Waals surface area contributed by atoms with Gasteiger partial charge < -0.3 is 15.6 Å². The van der Waals surface area contributed by atoms with Crippen LogP contribution in [0.5, 0.6) is 0 Å². The molecule has 0 aliphatic heterocycles. The van der Waals surface area contributed by atoms with E-state index in [1.807, 2.05) is 13.0 Å². The van der Waals surface area contributed by atoms with Crippen molar-refractivity contribution in [2.75, 3.05) is 6.54 Å². The van der Waals surface area contributed by atoms with E-state index in [0.717, 1.165) is 37.1 Å². The SMILES string of the molecule is Cc1cc(CNC(=O)C2(CN)CCC(C)CC2)no1. The van der Waals surface area contributed by atoms with Crippen molar-refractivity contribution in [3.05, 3.63) is 17.5 Å². The molecule has 19 heavy (non-hydrogen) atoms. The zero-order valence-electron chi connectivity index (χ0n) is 11.7. The van der Waals surface area contributed by atoms with Crippen LogP contribution < -0.4 is 11.1 Å². The Morgan fingerprint density at radius 3 is 2.79 bits per heavy atom. The van der Waals surface area contributed by atoms with Crippen LogP contribution in [0.2, 0.25) is 0 Å². The highest BCUT2D eigenvalue weighted by Crippen LogP contribution is 2.38. The van der Waals surface area contributed by atoms with Crippen LogP contribution in [0.25, 0.3) is 0 Å². The van der Waals surface area contributed by atoms with Crippen molar-refractivity contribution in [3.8, 4) is 0 Å². The average Bonchev–Trinajstić information content (AvgIpc) is 2.83. The van der Waals surface area contributed by atoms with Gasteiger partial charge in [-0.3, -0.25) is 4.79 Å². The van der Waals surface area contributed by atoms with Crippen molar-refractivity contribution in [2.45, 2.75) is 46.1 Å². The van der Waals surface area contributed by atoms with E-state index >= 15 is 0 Å². The van der Waals surface area contributed by atoms with Crippen molar-refractivity contribution in [2.24, 2.45) is 17.1 Å². The molecule has 1 aliphatic carbocycles. The summed E-state index contributed by atoms with van der Waals surface area (Å²) in [6.45, 7) is 4.90. The molecule has 2 rings (SSSR count). The molecule has 1 fully saturated rings. The van der Waals surface area contributed by atoms with Gasteiger partial charge in [0, 0.05) is 12.6 Å². The van der Waals surface area contributed by atoms with Gasteiger partial charge in [0.25, 0.3) is 0 Å². The van der Waals surface area contributed by atoms with E-state index in [9.17, 15) is 4.79 Å². The van der Waals surface area contributed by atoms with Crippen LogP contribution in [0.3, 0.4) is 0 Å². The first kappa shape index (κ1) is 14.1. The molecule has 3 N–H and O–H groups in total. The molecule has 106 valence electrons. The summed E-state index contributed by atoms with van der Waals surface area (Å²) in [5.74, 6) is 1.51. The van der Waals surface area contributed by atoms with Gasteiger partial charge in [-0.05, 0) is 38.5 Å². The molecule has 1 amide bonds. The predicted molar refractivity (Wildman–Crippen MR) is 72.2 cm³/mol. The summed E-state index contributed by atoms with van der Waals surface area (Å²) in [7, 11) is 0. The zero-order valence-corrected chi connectivity index (χ0v) is 11.7. The number of carbonyl (C=O) groups is 1. The van der Waals surface area contributed by atoms with Gasteiger partial charge in [0.1, 0.15) is 11.5 Å². The normalized spacial score (nSPS) is 27.2. The number of amides is 1. The molecule has 0 unspecified atom stereocenters. The van der Waals surface area contributed by atoms with Crippen LogP contribution in [0, 0.1) is 18.3 Å². The van der Waals surface area contributed by atoms with E-state index < -0.39 is 0 Å². The lowest BCUT2D eigenvalue weighted by atomic mass is 9.70. The highest BCUT2D eigenvalue weighted by molar-refractivity contribution is 5.82. The molecule has 0 atom stereocenters. The van der Waals surface area contributed by atoms with Crippen LogP contribution in [0.1, 0.15) is 44.1 Å². The first-order valence-corrected chi connectivity index (χ1v) is 6.96. The van der Waals surface area contributed by atoms with E-state index in [2.05, 4.69) is 17.4 Å². The lowest BCUT2D eigenvalue weighted by Gasteiger charge is -2.37. The van der Waals surface area contributed by atoms with Crippen molar-refractivity contribution in [3.63, 3.8) is 0 Å². The second-order valence-electron chi connectivity index (χ2n) is 5.78. The van der Waals surface area contributed by atoms with Crippen LogP contribution >= 0.6 is 0 Å². The van der Waals surface area contributed by atoms with Gasteiger partial charge in [-0.1, -0.05) is 12.1 Å². The third kappa shape index (κ3) is 3.15. The number of aromatic nitrogens is 1. The topological polar surface area (TPSA) is 81.2 Å². The summed E-state index contributed by atoms with van der Waals surface area (Å²) >= 11 is 0. The van der Waals surface area contributed by atoms with Crippen molar-refractivity contribution in [1.29, 1.82) is 0 Å². The van der Waals surface area contributed by atoms with E-state index in [1.54, 1.807) is 0 Å². The van der Waals surface area contributed by atoms with Gasteiger partial charge >= 0.3 is 0 Å². The Balaban J connectivity index is 1.93. The predicted octanol–water partition coefficient (Wildman–Crippen LogP) is 1.75. The molecule has 0 aromatic carbocycles. The van der Waals surface area contributed by atoms with Crippen LogP contribution in [0.4, 0.5) is 0 Å². The Hall–Kier alpha value is -1.36. The van der Waals surface area contributed by atoms with Crippen molar-refractivity contribution in [1.82, 2.24) is 10.5 Å². The monoisotopic (exact) mass is 265 g/mol. The molecule has 0 radical (unpaired) electrons. The molecule has 0 saturated heterocycles. The van der Waals surface area contributed by atoms with E-state index in [1.165, 1.54) is 0 Å². The number of aryl methyl sites for hydroxylation is 1. The highest BCUT2D eigenvalue weighted by atomic mass is 16.5. The van der Waals surface area contributed by atoms with Crippen LogP contribution in [-0.4, -0.2) is 17.6 Å². The Labute approximate surface area is 113 Å². The summed E-state index contributed by atoms with van der Waals surface area (Å²) in [5.41, 5.74) is 6.23. The number of rotatable bonds is 4. The molecule has 5 nitrogen and oxygen atoms in total. The maximum Gasteiger partial charge on any atom is 0.227 e. The summed E-state index contributed by atoms with van der Waals surface area (Å²) < 4.78 is 4.98. The Morgan fingerprint density at radius 1 is 1.58 bits per heavy atom. The number of hydrogen-bond acceptors (Lipinski definition) is 4. The van der Waals surface area contributed by atoms with Crippen molar-refractivity contribution >= 4 is 5.91 Å². The molecule has 1 aromatic rings. The quantitative estimate of drug-likeness (QED) is 0.869. The van der Waals surface area contributed by atoms with Gasteiger partial charge in [0.05, 0.1) is 12.0 Å². The lowest BCUT2D eigenvalue weighted by Crippen LogP contribution is -2.47. The lowest BCUT2D eigenvalue weighted by molar-refractivity contribution is -0.133. The Morgan fingerprint density at radius 2 is 2.26 bits per heavy atom. The Kier molecular flexibility index (Phi) is 4.24.